The highest BCUT2D eigenvalue weighted by molar-refractivity contribution is 5.88. The van der Waals surface area contributed by atoms with E-state index in [-0.39, 0.29) is 24.2 Å². The Morgan fingerprint density at radius 3 is 2.77 bits per heavy atom. The van der Waals surface area contributed by atoms with Crippen molar-refractivity contribution in [3.8, 4) is 0 Å². The van der Waals surface area contributed by atoms with Crippen LogP contribution in [0.3, 0.4) is 0 Å². The number of benzene rings is 1. The van der Waals surface area contributed by atoms with E-state index in [1.54, 1.807) is 12.5 Å². The lowest BCUT2D eigenvalue weighted by Gasteiger charge is -2.34. The van der Waals surface area contributed by atoms with Gasteiger partial charge in [0.2, 0.25) is 11.8 Å². The maximum Gasteiger partial charge on any atom is 0.245 e. The molecule has 1 aromatic heterocycles. The fourth-order valence-corrected chi connectivity index (χ4v) is 3.34. The van der Waals surface area contributed by atoms with Gasteiger partial charge in [-0.05, 0) is 23.5 Å². The van der Waals surface area contributed by atoms with Crippen LogP contribution in [-0.4, -0.2) is 39.3 Å². The fraction of sp³-hybridized carbons (Fsp3) is 0.450. The van der Waals surface area contributed by atoms with E-state index in [1.807, 2.05) is 30.9 Å². The molecular weight excluding hydrogens is 328 g/mol. The molecule has 2 N–H and O–H groups in total. The monoisotopic (exact) mass is 354 g/mol. The van der Waals surface area contributed by atoms with Crippen LogP contribution in [0.2, 0.25) is 0 Å². The highest BCUT2D eigenvalue weighted by atomic mass is 16.2. The summed E-state index contributed by atoms with van der Waals surface area (Å²) in [7, 11) is 0. The zero-order valence-corrected chi connectivity index (χ0v) is 15.4. The third kappa shape index (κ3) is 4.12. The molecule has 3 rings (SSSR count). The van der Waals surface area contributed by atoms with Crippen LogP contribution >= 0.6 is 0 Å². The highest BCUT2D eigenvalue weighted by Gasteiger charge is 2.31. The zero-order valence-electron chi connectivity index (χ0n) is 15.4. The fourth-order valence-electron chi connectivity index (χ4n) is 3.34. The van der Waals surface area contributed by atoms with Gasteiger partial charge < -0.3 is 15.2 Å². The van der Waals surface area contributed by atoms with Crippen LogP contribution in [0.25, 0.3) is 0 Å². The molecule has 0 bridgehead atoms. The van der Waals surface area contributed by atoms with E-state index in [1.165, 1.54) is 11.1 Å². The van der Waals surface area contributed by atoms with Crippen LogP contribution in [0.5, 0.6) is 0 Å². The molecule has 2 aromatic rings. The van der Waals surface area contributed by atoms with Crippen molar-refractivity contribution in [3.63, 3.8) is 0 Å². The number of imidazole rings is 1. The Labute approximate surface area is 154 Å². The van der Waals surface area contributed by atoms with E-state index < -0.39 is 6.04 Å². The van der Waals surface area contributed by atoms with Gasteiger partial charge in [-0.15, -0.1) is 0 Å². The van der Waals surface area contributed by atoms with Crippen LogP contribution in [0.1, 0.15) is 37.1 Å². The molecular formula is C20H26N4O2. The minimum Gasteiger partial charge on any atom is -0.351 e. The van der Waals surface area contributed by atoms with Gasteiger partial charge in [0.25, 0.3) is 0 Å². The molecule has 2 amide bonds. The first-order chi connectivity index (χ1) is 12.6. The summed E-state index contributed by atoms with van der Waals surface area (Å²) < 4.78 is 0. The summed E-state index contributed by atoms with van der Waals surface area (Å²) in [5, 5.41) is 2.94. The van der Waals surface area contributed by atoms with Gasteiger partial charge in [-0.3, -0.25) is 9.59 Å². The smallest absolute Gasteiger partial charge is 0.245 e. The van der Waals surface area contributed by atoms with Crippen molar-refractivity contribution in [3.05, 3.63) is 53.6 Å². The van der Waals surface area contributed by atoms with Crippen molar-refractivity contribution in [2.75, 3.05) is 6.54 Å². The number of hydrogen-bond acceptors (Lipinski definition) is 3. The van der Waals surface area contributed by atoms with Gasteiger partial charge in [0.05, 0.1) is 18.4 Å². The number of fused-ring (bicyclic) bond motifs is 1. The highest BCUT2D eigenvalue weighted by Crippen LogP contribution is 2.21. The number of rotatable bonds is 6. The SMILES string of the molecule is CCC(C)[C@H](NC(=O)Cc1c[nH]cn1)C(=O)N1CCc2ccccc2C1. The number of H-pyrrole nitrogens is 1. The second kappa shape index (κ2) is 8.17. The molecule has 26 heavy (non-hydrogen) atoms. The Balaban J connectivity index is 1.69. The van der Waals surface area contributed by atoms with E-state index in [4.69, 9.17) is 0 Å². The lowest BCUT2D eigenvalue weighted by atomic mass is 9.95. The third-order valence-corrected chi connectivity index (χ3v) is 5.13. The number of aromatic amines is 1. The lowest BCUT2D eigenvalue weighted by Crippen LogP contribution is -2.53. The van der Waals surface area contributed by atoms with Gasteiger partial charge in [0.1, 0.15) is 6.04 Å². The largest absolute Gasteiger partial charge is 0.351 e. The minimum absolute atomic E-state index is 0.00392. The molecule has 0 fully saturated rings. The van der Waals surface area contributed by atoms with Crippen molar-refractivity contribution in [1.29, 1.82) is 0 Å². The summed E-state index contributed by atoms with van der Waals surface area (Å²) in [5.74, 6) is -0.0970. The van der Waals surface area contributed by atoms with E-state index in [9.17, 15) is 9.59 Å². The quantitative estimate of drug-likeness (QED) is 0.834. The number of nitrogens with one attached hydrogen (secondary N) is 2. The Kier molecular flexibility index (Phi) is 5.71. The molecule has 0 spiro atoms. The Morgan fingerprint density at radius 1 is 1.31 bits per heavy atom. The summed E-state index contributed by atoms with van der Waals surface area (Å²) in [6, 6.07) is 7.73. The number of carbonyl (C=O) groups is 2. The maximum absolute atomic E-state index is 13.1. The van der Waals surface area contributed by atoms with Gasteiger partial charge in [-0.1, -0.05) is 44.5 Å². The summed E-state index contributed by atoms with van der Waals surface area (Å²) in [6.07, 6.45) is 5.10. The predicted molar refractivity (Wildman–Crippen MR) is 99.2 cm³/mol. The van der Waals surface area contributed by atoms with E-state index in [0.29, 0.717) is 18.8 Å². The van der Waals surface area contributed by atoms with Crippen molar-refractivity contribution >= 4 is 11.8 Å². The molecule has 6 nitrogen and oxygen atoms in total. The van der Waals surface area contributed by atoms with Crippen LogP contribution in [0, 0.1) is 5.92 Å². The number of hydrogen-bond donors (Lipinski definition) is 2. The molecule has 0 saturated carbocycles. The molecule has 1 aliphatic heterocycles. The minimum atomic E-state index is -0.503. The van der Waals surface area contributed by atoms with E-state index in [0.717, 1.165) is 12.8 Å². The van der Waals surface area contributed by atoms with Crippen molar-refractivity contribution < 1.29 is 9.59 Å². The molecule has 2 atom stereocenters. The Hall–Kier alpha value is -2.63. The Morgan fingerprint density at radius 2 is 2.08 bits per heavy atom. The molecule has 1 aromatic carbocycles. The van der Waals surface area contributed by atoms with Gasteiger partial charge >= 0.3 is 0 Å². The first kappa shape index (κ1) is 18.2. The number of nitrogens with zero attached hydrogens (tertiary/aromatic N) is 2. The van der Waals surface area contributed by atoms with Crippen molar-refractivity contribution in [1.82, 2.24) is 20.2 Å². The number of carbonyl (C=O) groups excluding carboxylic acids is 2. The van der Waals surface area contributed by atoms with Crippen LogP contribution in [0.15, 0.2) is 36.8 Å². The molecule has 0 saturated heterocycles. The van der Waals surface area contributed by atoms with Crippen molar-refractivity contribution in [2.24, 2.45) is 5.92 Å². The average molecular weight is 354 g/mol. The van der Waals surface area contributed by atoms with Crippen LogP contribution in [-0.2, 0) is 29.0 Å². The molecule has 1 unspecified atom stereocenters. The Bertz CT molecular complexity index is 757. The number of aromatic nitrogens is 2. The molecule has 1 aliphatic rings. The summed E-state index contributed by atoms with van der Waals surface area (Å²) >= 11 is 0. The molecule has 0 radical (unpaired) electrons. The van der Waals surface area contributed by atoms with Gasteiger partial charge in [-0.2, -0.15) is 0 Å². The predicted octanol–water partition coefficient (Wildman–Crippen LogP) is 2.07. The normalized spacial score (nSPS) is 15.8. The topological polar surface area (TPSA) is 78.1 Å². The summed E-state index contributed by atoms with van der Waals surface area (Å²) in [6.45, 7) is 5.35. The van der Waals surface area contributed by atoms with E-state index in [2.05, 4.69) is 27.4 Å². The molecule has 138 valence electrons. The second-order valence-corrected chi connectivity index (χ2v) is 6.95. The summed E-state index contributed by atoms with van der Waals surface area (Å²) in [5.41, 5.74) is 3.17. The van der Waals surface area contributed by atoms with Gasteiger partial charge in [0, 0.05) is 19.3 Å². The molecule has 0 aliphatic carbocycles. The van der Waals surface area contributed by atoms with Crippen LogP contribution < -0.4 is 5.32 Å². The first-order valence-electron chi connectivity index (χ1n) is 9.21. The molecule has 6 heteroatoms. The third-order valence-electron chi connectivity index (χ3n) is 5.13. The lowest BCUT2D eigenvalue weighted by molar-refractivity contribution is -0.138. The maximum atomic E-state index is 13.1. The summed E-state index contributed by atoms with van der Waals surface area (Å²) in [4.78, 5) is 34.3. The zero-order chi connectivity index (χ0) is 18.5. The first-order valence-corrected chi connectivity index (χ1v) is 9.21. The number of amides is 2. The molecule has 2 heterocycles. The standard InChI is InChI=1S/C20H26N4O2/c1-3-14(2)19(23-18(25)10-17-11-21-13-22-17)20(26)24-9-8-15-6-4-5-7-16(15)12-24/h4-7,11,13-14,19H,3,8-10,12H2,1-2H3,(H,21,22)(H,23,25)/t14?,19-/m0/s1. The van der Waals surface area contributed by atoms with Crippen molar-refractivity contribution in [2.45, 2.75) is 45.7 Å². The van der Waals surface area contributed by atoms with Gasteiger partial charge in [-0.25, -0.2) is 4.98 Å². The second-order valence-electron chi connectivity index (χ2n) is 6.95. The van der Waals surface area contributed by atoms with E-state index >= 15 is 0 Å². The van der Waals surface area contributed by atoms with Gasteiger partial charge in [0.15, 0.2) is 0 Å². The average Bonchev–Trinajstić information content (AvgIpc) is 3.17. The van der Waals surface area contributed by atoms with Crippen LogP contribution in [0.4, 0.5) is 0 Å².